The van der Waals surface area contributed by atoms with Crippen LogP contribution in [-0.2, 0) is 16.0 Å². The van der Waals surface area contributed by atoms with Crippen molar-refractivity contribution in [2.75, 3.05) is 18.1 Å². The van der Waals surface area contributed by atoms with Gasteiger partial charge >= 0.3 is 5.91 Å². The Morgan fingerprint density at radius 1 is 1.14 bits per heavy atom. The molecule has 6 rings (SSSR count). The number of aliphatic hydroxyl groups is 1. The lowest BCUT2D eigenvalue weighted by molar-refractivity contribution is -0.132. The van der Waals surface area contributed by atoms with Gasteiger partial charge in [-0.3, -0.25) is 14.5 Å². The van der Waals surface area contributed by atoms with E-state index in [2.05, 4.69) is 6.58 Å². The van der Waals surface area contributed by atoms with Gasteiger partial charge in [0.2, 0.25) is 0 Å². The van der Waals surface area contributed by atoms with Gasteiger partial charge in [-0.1, -0.05) is 36.1 Å². The molecule has 0 aliphatic carbocycles. The number of benzene rings is 3. The average molecular weight is 597 g/mol. The van der Waals surface area contributed by atoms with Gasteiger partial charge in [-0.25, -0.2) is 4.98 Å². The summed E-state index contributed by atoms with van der Waals surface area (Å²) < 4.78 is 18.4. The Bertz CT molecular complexity index is 1820. The molecule has 8 nitrogen and oxygen atoms in total. The molecule has 3 heterocycles. The van der Waals surface area contributed by atoms with Crippen molar-refractivity contribution in [2.45, 2.75) is 46.3 Å². The summed E-state index contributed by atoms with van der Waals surface area (Å²) >= 11 is 1.34. The molecule has 43 heavy (non-hydrogen) atoms. The van der Waals surface area contributed by atoms with Gasteiger partial charge in [0.25, 0.3) is 5.78 Å². The van der Waals surface area contributed by atoms with Crippen molar-refractivity contribution >= 4 is 44.1 Å². The molecule has 0 bridgehead atoms. The predicted molar refractivity (Wildman–Crippen MR) is 167 cm³/mol. The van der Waals surface area contributed by atoms with Crippen LogP contribution in [0.2, 0.25) is 0 Å². The van der Waals surface area contributed by atoms with Crippen molar-refractivity contribution in [1.29, 1.82) is 0 Å². The van der Waals surface area contributed by atoms with Crippen molar-refractivity contribution in [3.8, 4) is 17.2 Å². The molecule has 2 aliphatic rings. The second kappa shape index (κ2) is 11.2. The van der Waals surface area contributed by atoms with Crippen molar-refractivity contribution in [3.63, 3.8) is 0 Å². The van der Waals surface area contributed by atoms with Crippen LogP contribution in [-0.4, -0.2) is 41.1 Å². The molecule has 0 radical (unpaired) electrons. The third kappa shape index (κ3) is 5.03. The van der Waals surface area contributed by atoms with E-state index in [1.807, 2.05) is 45.9 Å². The van der Waals surface area contributed by atoms with E-state index in [-0.39, 0.29) is 24.0 Å². The number of anilines is 1. The van der Waals surface area contributed by atoms with Crippen LogP contribution in [0.25, 0.3) is 16.0 Å². The molecule has 0 unspecified atom stereocenters. The molecule has 1 fully saturated rings. The van der Waals surface area contributed by atoms with Crippen LogP contribution < -0.4 is 19.1 Å². The van der Waals surface area contributed by atoms with Crippen LogP contribution >= 0.6 is 11.3 Å². The molecule has 1 N–H and O–H groups in total. The van der Waals surface area contributed by atoms with E-state index in [4.69, 9.17) is 19.2 Å². The summed E-state index contributed by atoms with van der Waals surface area (Å²) in [4.78, 5) is 33.8. The number of ether oxygens (including phenoxy) is 3. The van der Waals surface area contributed by atoms with Gasteiger partial charge < -0.3 is 19.3 Å². The first kappa shape index (κ1) is 28.5. The van der Waals surface area contributed by atoms with Crippen LogP contribution in [0.15, 0.2) is 66.8 Å². The number of hydrogen-bond acceptors (Lipinski definition) is 8. The second-order valence-electron chi connectivity index (χ2n) is 10.8. The van der Waals surface area contributed by atoms with Crippen LogP contribution in [0, 0.1) is 13.8 Å². The molecule has 1 amide bonds. The summed E-state index contributed by atoms with van der Waals surface area (Å²) in [6, 6.07) is 13.7. The molecular formula is C34H32N2O6S. The van der Waals surface area contributed by atoms with E-state index in [9.17, 15) is 14.7 Å². The molecule has 2 atom stereocenters. The Labute approximate surface area is 253 Å². The number of thiazole rings is 1. The number of aliphatic hydroxyl groups excluding tert-OH is 1. The third-order valence-electron chi connectivity index (χ3n) is 7.58. The number of rotatable bonds is 8. The van der Waals surface area contributed by atoms with E-state index in [0.29, 0.717) is 40.8 Å². The average Bonchev–Trinajstić information content (AvgIpc) is 3.64. The Balaban J connectivity index is 1.55. The highest BCUT2D eigenvalue weighted by Crippen LogP contribution is 2.46. The van der Waals surface area contributed by atoms with E-state index in [0.717, 1.165) is 32.7 Å². The smallest absolute Gasteiger partial charge is 0.301 e. The molecular weight excluding hydrogens is 564 g/mol. The second-order valence-corrected chi connectivity index (χ2v) is 11.8. The highest BCUT2D eigenvalue weighted by Gasteiger charge is 2.48. The Kier molecular flexibility index (Phi) is 7.43. The first-order valence-corrected chi connectivity index (χ1v) is 15.0. The summed E-state index contributed by atoms with van der Waals surface area (Å²) in [6.07, 6.45) is 2.34. The predicted octanol–water partition coefficient (Wildman–Crippen LogP) is 6.83. The zero-order valence-corrected chi connectivity index (χ0v) is 25.3. The fourth-order valence-electron chi connectivity index (χ4n) is 5.76. The largest absolute Gasteiger partial charge is 0.507 e. The lowest BCUT2D eigenvalue weighted by Gasteiger charge is -2.24. The first-order valence-electron chi connectivity index (χ1n) is 14.2. The molecule has 4 aromatic rings. The summed E-state index contributed by atoms with van der Waals surface area (Å²) in [5, 5.41) is 12.1. The standard InChI is InChI=1S/C34H32N2O6S/c1-6-12-41-25-11-8-21(17-26(25)40-7-2)30-28(31(37)22-9-10-24-23(16-22)15-20(5)42-24)32(38)33(39)36(30)34-35-29-19(4)13-18(3)14-27(29)43-34/h6,8-11,13-14,16-17,20,30,37H,1,7,12,15H2,2-5H3/b31-28+/t20-,30-/m1/s1. The molecule has 0 saturated carbocycles. The van der Waals surface area contributed by atoms with Crippen molar-refractivity contribution in [2.24, 2.45) is 0 Å². The van der Waals surface area contributed by atoms with E-state index in [1.54, 1.807) is 36.4 Å². The lowest BCUT2D eigenvalue weighted by atomic mass is 9.94. The fourth-order valence-corrected chi connectivity index (χ4v) is 6.93. The quantitative estimate of drug-likeness (QED) is 0.103. The van der Waals surface area contributed by atoms with Crippen molar-refractivity contribution in [3.05, 3.63) is 94.6 Å². The normalized spacial score (nSPS) is 19.0. The maximum absolute atomic E-state index is 13.8. The molecule has 3 aromatic carbocycles. The van der Waals surface area contributed by atoms with Gasteiger partial charge in [-0.05, 0) is 86.3 Å². The maximum Gasteiger partial charge on any atom is 0.301 e. The number of amides is 1. The SMILES string of the molecule is C=CCOc1ccc([C@@H]2/C(=C(\O)c3ccc4c(c3)C[C@@H](C)O4)C(=O)C(=O)N2c2nc3c(C)cc(C)cc3s2)cc1OCC. The molecule has 220 valence electrons. The van der Waals surface area contributed by atoms with Crippen molar-refractivity contribution < 1.29 is 28.9 Å². The van der Waals surface area contributed by atoms with Gasteiger partial charge in [-0.15, -0.1) is 0 Å². The monoisotopic (exact) mass is 596 g/mol. The number of aryl methyl sites for hydroxylation is 2. The first-order chi connectivity index (χ1) is 20.7. The van der Waals surface area contributed by atoms with Gasteiger partial charge in [-0.2, -0.15) is 0 Å². The minimum atomic E-state index is -0.960. The number of hydrogen-bond donors (Lipinski definition) is 1. The topological polar surface area (TPSA) is 98.2 Å². The zero-order chi connectivity index (χ0) is 30.4. The summed E-state index contributed by atoms with van der Waals surface area (Å²) in [5.74, 6) is -0.107. The van der Waals surface area contributed by atoms with Crippen LogP contribution in [0.4, 0.5) is 5.13 Å². The Morgan fingerprint density at radius 3 is 2.72 bits per heavy atom. The number of carbonyl (C=O) groups excluding carboxylic acids is 2. The van der Waals surface area contributed by atoms with E-state index < -0.39 is 17.7 Å². The summed E-state index contributed by atoms with van der Waals surface area (Å²) in [7, 11) is 0. The minimum Gasteiger partial charge on any atom is -0.507 e. The minimum absolute atomic E-state index is 0.0166. The Morgan fingerprint density at radius 2 is 1.95 bits per heavy atom. The van der Waals surface area contributed by atoms with E-state index >= 15 is 0 Å². The Hall–Kier alpha value is -4.63. The van der Waals surface area contributed by atoms with Crippen LogP contribution in [0.1, 0.15) is 47.7 Å². The maximum atomic E-state index is 13.8. The zero-order valence-electron chi connectivity index (χ0n) is 24.5. The van der Waals surface area contributed by atoms with Gasteiger partial charge in [0.1, 0.15) is 24.2 Å². The lowest BCUT2D eigenvalue weighted by Crippen LogP contribution is -2.29. The summed E-state index contributed by atoms with van der Waals surface area (Å²) in [6.45, 7) is 12.2. The molecule has 2 aliphatic heterocycles. The fraction of sp³-hybridized carbons (Fsp3) is 0.265. The summed E-state index contributed by atoms with van der Waals surface area (Å²) in [5.41, 5.74) is 4.73. The van der Waals surface area contributed by atoms with Gasteiger partial charge in [0.05, 0.1) is 28.4 Å². The van der Waals surface area contributed by atoms with Gasteiger partial charge in [0, 0.05) is 12.0 Å². The highest BCUT2D eigenvalue weighted by atomic mass is 32.1. The number of aromatic nitrogens is 1. The molecule has 1 saturated heterocycles. The van der Waals surface area contributed by atoms with Crippen molar-refractivity contribution in [1.82, 2.24) is 4.98 Å². The molecule has 9 heteroatoms. The number of Topliss-reactive ketones (excluding diaryl/α,β-unsaturated/α-hetero) is 1. The van der Waals surface area contributed by atoms with Crippen LogP contribution in [0.3, 0.4) is 0 Å². The molecule has 0 spiro atoms. The number of carbonyl (C=O) groups is 2. The highest BCUT2D eigenvalue weighted by molar-refractivity contribution is 7.22. The third-order valence-corrected chi connectivity index (χ3v) is 8.58. The number of ketones is 1. The number of fused-ring (bicyclic) bond motifs is 2. The van der Waals surface area contributed by atoms with E-state index in [1.165, 1.54) is 16.2 Å². The van der Waals surface area contributed by atoms with Gasteiger partial charge in [0.15, 0.2) is 16.6 Å². The molecule has 1 aromatic heterocycles. The number of nitrogens with zero attached hydrogens (tertiary/aromatic N) is 2. The van der Waals surface area contributed by atoms with Crippen LogP contribution in [0.5, 0.6) is 17.2 Å².